The molecule has 1 aromatic rings. The first-order valence-corrected chi connectivity index (χ1v) is 6.32. The molecule has 0 N–H and O–H groups in total. The van der Waals surface area contributed by atoms with Crippen LogP contribution in [0.2, 0.25) is 0 Å². The Balaban J connectivity index is 2.18. The lowest BCUT2D eigenvalue weighted by Crippen LogP contribution is -2.41. The molecule has 0 saturated carbocycles. The van der Waals surface area contributed by atoms with Gasteiger partial charge in [-0.25, -0.2) is 4.98 Å². The molecule has 0 aromatic carbocycles. The van der Waals surface area contributed by atoms with Crippen LogP contribution in [0.15, 0.2) is 6.20 Å². The molecule has 1 aromatic heterocycles. The highest BCUT2D eigenvalue weighted by Crippen LogP contribution is 2.37. The maximum absolute atomic E-state index is 7.68. The van der Waals surface area contributed by atoms with Crippen molar-refractivity contribution in [3.8, 4) is 5.19 Å². The van der Waals surface area contributed by atoms with Gasteiger partial charge in [0, 0.05) is 13.1 Å². The smallest absolute Gasteiger partial charge is 0.470 e. The molecule has 0 amide bonds. The van der Waals surface area contributed by atoms with Crippen LogP contribution in [0.1, 0.15) is 50.5 Å². The van der Waals surface area contributed by atoms with Crippen LogP contribution in [0.5, 0.6) is 5.19 Å². The van der Waals surface area contributed by atoms with E-state index in [2.05, 4.69) is 4.98 Å². The van der Waals surface area contributed by atoms with Gasteiger partial charge in [0.25, 0.3) is 5.19 Å². The van der Waals surface area contributed by atoms with Crippen molar-refractivity contribution in [2.24, 2.45) is 0 Å². The molecule has 1 saturated heterocycles. The van der Waals surface area contributed by atoms with Gasteiger partial charge in [-0.05, 0) is 34.1 Å². The molecule has 4 nitrogen and oxygen atoms in total. The van der Waals surface area contributed by atoms with E-state index < -0.39 is 38.1 Å². The topological polar surface area (TPSA) is 40.6 Å². The summed E-state index contributed by atoms with van der Waals surface area (Å²) in [6, 6.07) is 0. The van der Waals surface area contributed by atoms with Crippen molar-refractivity contribution in [2.75, 3.05) is 6.56 Å². The Hall–Kier alpha value is -0.585. The Labute approximate surface area is 123 Å². The van der Waals surface area contributed by atoms with Gasteiger partial charge in [-0.1, -0.05) is 18.2 Å². The van der Waals surface area contributed by atoms with Gasteiger partial charge in [0.05, 0.1) is 25.3 Å². The number of aromatic nitrogens is 1. The molecule has 0 bridgehead atoms. The minimum absolute atomic E-state index is 0.206. The highest BCUT2D eigenvalue weighted by Gasteiger charge is 2.52. The van der Waals surface area contributed by atoms with Crippen molar-refractivity contribution in [2.45, 2.75) is 52.1 Å². The fourth-order valence-corrected chi connectivity index (χ4v) is 2.14. The standard InChI is InChI=1S/C12H20BNO3S/c1-6-7-15-10-14-8-9(18-10)13-16-11(2,3)12(4,5)17-13/h8H,6-7H2,1-5H3/i1D3,6D2,7D2. The highest BCUT2D eigenvalue weighted by atomic mass is 32.1. The maximum Gasteiger partial charge on any atom is 0.507 e. The van der Waals surface area contributed by atoms with Crippen LogP contribution in [0.25, 0.3) is 0 Å². The first-order valence-electron chi connectivity index (χ1n) is 9.01. The zero-order valence-corrected chi connectivity index (χ0v) is 11.6. The molecular weight excluding hydrogens is 249 g/mol. The summed E-state index contributed by atoms with van der Waals surface area (Å²) in [6.45, 7) is 1.25. The van der Waals surface area contributed by atoms with E-state index in [0.29, 0.717) is 4.78 Å². The van der Waals surface area contributed by atoms with E-state index in [1.807, 2.05) is 27.7 Å². The van der Waals surface area contributed by atoms with E-state index in [0.717, 1.165) is 11.3 Å². The van der Waals surface area contributed by atoms with Gasteiger partial charge in [0.2, 0.25) is 0 Å². The Morgan fingerprint density at radius 3 is 2.72 bits per heavy atom. The molecule has 0 atom stereocenters. The molecule has 1 fully saturated rings. The molecule has 2 rings (SSSR count). The fraction of sp³-hybridized carbons (Fsp3) is 0.750. The van der Waals surface area contributed by atoms with Crippen LogP contribution in [-0.4, -0.2) is 29.9 Å². The molecule has 0 aliphatic carbocycles. The summed E-state index contributed by atoms with van der Waals surface area (Å²) in [6.07, 6.45) is -1.83. The van der Waals surface area contributed by atoms with Crippen LogP contribution in [0.3, 0.4) is 0 Å². The van der Waals surface area contributed by atoms with Gasteiger partial charge in [-0.15, -0.1) is 0 Å². The summed E-state index contributed by atoms with van der Waals surface area (Å²) >= 11 is 0.912. The molecular formula is C12H20BNO3S. The maximum atomic E-state index is 7.68. The van der Waals surface area contributed by atoms with Gasteiger partial charge in [0.1, 0.15) is 0 Å². The molecule has 0 unspecified atom stereocenters. The van der Waals surface area contributed by atoms with Gasteiger partial charge >= 0.3 is 7.12 Å². The van der Waals surface area contributed by atoms with Gasteiger partial charge in [-0.3, -0.25) is 0 Å². The molecule has 1 aliphatic rings. The van der Waals surface area contributed by atoms with Crippen molar-refractivity contribution in [1.29, 1.82) is 0 Å². The summed E-state index contributed by atoms with van der Waals surface area (Å²) < 4.78 is 69.1. The minimum Gasteiger partial charge on any atom is -0.470 e. The average Bonchev–Trinajstić information content (AvgIpc) is 2.90. The Morgan fingerprint density at radius 2 is 2.11 bits per heavy atom. The fourth-order valence-electron chi connectivity index (χ4n) is 1.45. The van der Waals surface area contributed by atoms with E-state index in [4.69, 9.17) is 23.6 Å². The van der Waals surface area contributed by atoms with Gasteiger partial charge in [0.15, 0.2) is 0 Å². The number of ether oxygens (including phenoxy) is 1. The van der Waals surface area contributed by atoms with Crippen molar-refractivity contribution < 1.29 is 23.6 Å². The molecule has 100 valence electrons. The van der Waals surface area contributed by atoms with E-state index in [-0.39, 0.29) is 5.19 Å². The first kappa shape index (κ1) is 7.26. The Kier molecular flexibility index (Phi) is 1.95. The van der Waals surface area contributed by atoms with Gasteiger partial charge in [-0.2, -0.15) is 0 Å². The third kappa shape index (κ3) is 2.55. The molecule has 0 spiro atoms. The first-order chi connectivity index (χ1) is 11.0. The largest absolute Gasteiger partial charge is 0.507 e. The van der Waals surface area contributed by atoms with Crippen LogP contribution in [-0.2, 0) is 9.31 Å². The molecule has 6 heteroatoms. The zero-order valence-electron chi connectivity index (χ0n) is 17.7. The monoisotopic (exact) mass is 276 g/mol. The Bertz CT molecular complexity index is 631. The van der Waals surface area contributed by atoms with E-state index in [1.165, 1.54) is 6.20 Å². The molecule has 2 heterocycles. The average molecular weight is 276 g/mol. The summed E-state index contributed by atoms with van der Waals surface area (Å²) in [5.74, 6) is 0. The SMILES string of the molecule is [2H]C([2H])([2H])C([2H])([2H])C([2H])([2H])Oc1ncc(B2OC(C)(C)C(C)(C)O2)s1. The zero-order chi connectivity index (χ0) is 19.5. The predicted molar refractivity (Wildman–Crippen MR) is 73.6 cm³/mol. The second kappa shape index (κ2) is 4.83. The third-order valence-corrected chi connectivity index (χ3v) is 4.07. The molecule has 0 radical (unpaired) electrons. The van der Waals surface area contributed by atoms with E-state index >= 15 is 0 Å². The van der Waals surface area contributed by atoms with Crippen molar-refractivity contribution >= 4 is 23.2 Å². The highest BCUT2D eigenvalue weighted by molar-refractivity contribution is 7.23. The normalized spacial score (nSPS) is 29.3. The van der Waals surface area contributed by atoms with Crippen molar-refractivity contribution in [3.63, 3.8) is 0 Å². The minimum atomic E-state index is -3.21. The predicted octanol–water partition coefficient (Wildman–Crippen LogP) is 2.23. The van der Waals surface area contributed by atoms with Gasteiger partial charge < -0.3 is 14.0 Å². The van der Waals surface area contributed by atoms with E-state index in [1.54, 1.807) is 0 Å². The van der Waals surface area contributed by atoms with E-state index in [9.17, 15) is 0 Å². The lowest BCUT2D eigenvalue weighted by Gasteiger charge is -2.32. The van der Waals surface area contributed by atoms with Crippen LogP contribution < -0.4 is 9.51 Å². The van der Waals surface area contributed by atoms with Crippen LogP contribution >= 0.6 is 11.3 Å². The number of thiazole rings is 1. The lowest BCUT2D eigenvalue weighted by molar-refractivity contribution is 0.00578. The van der Waals surface area contributed by atoms with Crippen LogP contribution in [0, 0.1) is 0 Å². The summed E-state index contributed by atoms with van der Waals surface area (Å²) in [4.78, 5) is 3.88. The summed E-state index contributed by atoms with van der Waals surface area (Å²) in [5, 5.41) is -0.206. The number of nitrogens with zero attached hydrogens (tertiary/aromatic N) is 1. The summed E-state index contributed by atoms with van der Waals surface area (Å²) in [5.41, 5.74) is -1.12. The third-order valence-electron chi connectivity index (χ3n) is 3.18. The van der Waals surface area contributed by atoms with Crippen molar-refractivity contribution in [3.05, 3.63) is 6.20 Å². The van der Waals surface area contributed by atoms with Crippen molar-refractivity contribution in [1.82, 2.24) is 4.98 Å². The quantitative estimate of drug-likeness (QED) is 0.791. The Morgan fingerprint density at radius 1 is 1.44 bits per heavy atom. The number of hydrogen-bond acceptors (Lipinski definition) is 5. The molecule has 18 heavy (non-hydrogen) atoms. The molecule has 1 aliphatic heterocycles. The number of hydrogen-bond donors (Lipinski definition) is 0. The second-order valence-corrected chi connectivity index (χ2v) is 5.97. The number of rotatable bonds is 4. The second-order valence-electron chi connectivity index (χ2n) is 4.95. The van der Waals surface area contributed by atoms with Crippen LogP contribution in [0.4, 0.5) is 0 Å². The summed E-state index contributed by atoms with van der Waals surface area (Å²) in [7, 11) is -0.718. The lowest BCUT2D eigenvalue weighted by atomic mass is 9.89.